The molecular formula is C19H36N4O4. The molecule has 27 heavy (non-hydrogen) atoms. The third kappa shape index (κ3) is 8.26. The smallest absolute Gasteiger partial charge is 0.243 e. The number of aliphatic hydroxyl groups excluding tert-OH is 1. The fourth-order valence-electron chi connectivity index (χ4n) is 3.19. The number of carbonyl (C=O) groups excluding carboxylic acids is 3. The second kappa shape index (κ2) is 11.2. The lowest BCUT2D eigenvalue weighted by Crippen LogP contribution is -2.58. The zero-order valence-electron chi connectivity index (χ0n) is 17.2. The second-order valence-electron chi connectivity index (χ2n) is 8.12. The molecule has 1 aliphatic heterocycles. The highest BCUT2D eigenvalue weighted by Gasteiger charge is 2.31. The van der Waals surface area contributed by atoms with Crippen LogP contribution in [-0.2, 0) is 14.4 Å². The minimum absolute atomic E-state index is 0.107. The van der Waals surface area contributed by atoms with E-state index in [1.807, 2.05) is 27.7 Å². The number of carbonyl (C=O) groups is 3. The SMILES string of the molecule is CC(=O)N[C@H](C(=O)N[C@@H](CC(C)C)C(=O)N[C@H]1CCCCNC1O)C(C)C. The van der Waals surface area contributed by atoms with Crippen molar-refractivity contribution in [3.05, 3.63) is 0 Å². The summed E-state index contributed by atoms with van der Waals surface area (Å²) >= 11 is 0. The van der Waals surface area contributed by atoms with Gasteiger partial charge in [0.1, 0.15) is 18.3 Å². The molecule has 0 radical (unpaired) electrons. The van der Waals surface area contributed by atoms with Gasteiger partial charge in [-0.15, -0.1) is 0 Å². The molecule has 1 saturated heterocycles. The van der Waals surface area contributed by atoms with Gasteiger partial charge in [0.15, 0.2) is 0 Å². The summed E-state index contributed by atoms with van der Waals surface area (Å²) in [5, 5.41) is 21.4. The van der Waals surface area contributed by atoms with Crippen molar-refractivity contribution in [2.24, 2.45) is 11.8 Å². The van der Waals surface area contributed by atoms with Crippen molar-refractivity contribution in [1.29, 1.82) is 0 Å². The fourth-order valence-corrected chi connectivity index (χ4v) is 3.19. The number of nitrogens with one attached hydrogen (secondary N) is 4. The summed E-state index contributed by atoms with van der Waals surface area (Å²) in [6, 6.07) is -1.80. The summed E-state index contributed by atoms with van der Waals surface area (Å²) in [7, 11) is 0. The average molecular weight is 385 g/mol. The van der Waals surface area contributed by atoms with E-state index in [0.717, 1.165) is 12.8 Å². The summed E-state index contributed by atoms with van der Waals surface area (Å²) < 4.78 is 0. The molecule has 4 atom stereocenters. The lowest BCUT2D eigenvalue weighted by molar-refractivity contribution is -0.133. The zero-order chi connectivity index (χ0) is 20.6. The van der Waals surface area contributed by atoms with Crippen molar-refractivity contribution < 1.29 is 19.5 Å². The summed E-state index contributed by atoms with van der Waals surface area (Å²) in [6.07, 6.45) is 2.22. The standard InChI is InChI=1S/C19H36N4O4/c1-11(2)10-15(23-19(27)16(12(3)4)21-13(5)24)18(26)22-14-8-6-7-9-20-17(14)25/h11-12,14-17,20,25H,6-10H2,1-5H3,(H,21,24)(H,22,26)(H,23,27)/t14-,15-,16-,17?/m0/s1. The summed E-state index contributed by atoms with van der Waals surface area (Å²) in [5.41, 5.74) is 0. The molecule has 0 aliphatic carbocycles. The Morgan fingerprint density at radius 2 is 1.74 bits per heavy atom. The first-order valence-corrected chi connectivity index (χ1v) is 9.91. The number of hydrogen-bond acceptors (Lipinski definition) is 5. The molecule has 0 aromatic heterocycles. The van der Waals surface area contributed by atoms with Crippen molar-refractivity contribution in [2.45, 2.75) is 84.7 Å². The van der Waals surface area contributed by atoms with Gasteiger partial charge in [0.2, 0.25) is 17.7 Å². The normalized spacial score (nSPS) is 22.7. The predicted octanol–water partition coefficient (Wildman–Crippen LogP) is 0.255. The first kappa shape index (κ1) is 23.4. The molecular weight excluding hydrogens is 348 g/mol. The molecule has 1 heterocycles. The van der Waals surface area contributed by atoms with Gasteiger partial charge >= 0.3 is 0 Å². The molecule has 1 unspecified atom stereocenters. The Balaban J connectivity index is 2.82. The lowest BCUT2D eigenvalue weighted by Gasteiger charge is -2.28. The molecule has 0 spiro atoms. The molecule has 8 nitrogen and oxygen atoms in total. The predicted molar refractivity (Wildman–Crippen MR) is 104 cm³/mol. The van der Waals surface area contributed by atoms with Crippen molar-refractivity contribution in [1.82, 2.24) is 21.3 Å². The molecule has 1 aliphatic rings. The van der Waals surface area contributed by atoms with E-state index >= 15 is 0 Å². The number of rotatable bonds is 8. The maximum Gasteiger partial charge on any atom is 0.243 e. The van der Waals surface area contributed by atoms with Crippen LogP contribution in [0.15, 0.2) is 0 Å². The van der Waals surface area contributed by atoms with Gasteiger partial charge < -0.3 is 21.1 Å². The molecule has 0 bridgehead atoms. The minimum Gasteiger partial charge on any atom is -0.376 e. The van der Waals surface area contributed by atoms with Crippen molar-refractivity contribution in [2.75, 3.05) is 6.54 Å². The van der Waals surface area contributed by atoms with E-state index in [-0.39, 0.29) is 35.6 Å². The Labute approximate surface area is 162 Å². The van der Waals surface area contributed by atoms with E-state index in [2.05, 4.69) is 21.3 Å². The van der Waals surface area contributed by atoms with E-state index < -0.39 is 18.3 Å². The molecule has 0 aromatic rings. The zero-order valence-corrected chi connectivity index (χ0v) is 17.2. The number of aliphatic hydroxyl groups is 1. The lowest BCUT2D eigenvalue weighted by atomic mass is 9.99. The Bertz CT molecular complexity index is 510. The van der Waals surface area contributed by atoms with Gasteiger partial charge in [0, 0.05) is 6.92 Å². The van der Waals surface area contributed by atoms with Crippen LogP contribution in [0, 0.1) is 11.8 Å². The molecule has 5 N–H and O–H groups in total. The Hall–Kier alpha value is -1.67. The number of hydrogen-bond donors (Lipinski definition) is 5. The van der Waals surface area contributed by atoms with Crippen LogP contribution >= 0.6 is 0 Å². The highest BCUT2D eigenvalue weighted by Crippen LogP contribution is 2.11. The molecule has 1 fully saturated rings. The Morgan fingerprint density at radius 3 is 2.30 bits per heavy atom. The van der Waals surface area contributed by atoms with E-state index in [9.17, 15) is 19.5 Å². The topological polar surface area (TPSA) is 120 Å². The van der Waals surface area contributed by atoms with E-state index in [4.69, 9.17) is 0 Å². The summed E-state index contributed by atoms with van der Waals surface area (Å²) in [4.78, 5) is 36.9. The van der Waals surface area contributed by atoms with Gasteiger partial charge in [0.25, 0.3) is 0 Å². The van der Waals surface area contributed by atoms with Crippen LogP contribution in [-0.4, -0.2) is 53.7 Å². The van der Waals surface area contributed by atoms with Crippen LogP contribution in [0.3, 0.4) is 0 Å². The van der Waals surface area contributed by atoms with Crippen LogP contribution in [0.5, 0.6) is 0 Å². The van der Waals surface area contributed by atoms with Crippen molar-refractivity contribution in [3.63, 3.8) is 0 Å². The molecule has 0 saturated carbocycles. The van der Waals surface area contributed by atoms with Crippen LogP contribution in [0.1, 0.15) is 60.3 Å². The van der Waals surface area contributed by atoms with Crippen LogP contribution in [0.25, 0.3) is 0 Å². The van der Waals surface area contributed by atoms with Crippen molar-refractivity contribution in [3.8, 4) is 0 Å². The van der Waals surface area contributed by atoms with Gasteiger partial charge in [-0.05, 0) is 44.1 Å². The third-order valence-electron chi connectivity index (χ3n) is 4.65. The van der Waals surface area contributed by atoms with Gasteiger partial charge in [-0.1, -0.05) is 27.7 Å². The van der Waals surface area contributed by atoms with E-state index in [0.29, 0.717) is 19.4 Å². The quantitative estimate of drug-likeness (QED) is 0.411. The summed E-state index contributed by atoms with van der Waals surface area (Å²) in [5.74, 6) is -0.891. The molecule has 8 heteroatoms. The first-order valence-electron chi connectivity index (χ1n) is 9.91. The largest absolute Gasteiger partial charge is 0.376 e. The number of amides is 3. The molecule has 1 rings (SSSR count). The second-order valence-corrected chi connectivity index (χ2v) is 8.12. The Kier molecular flexibility index (Phi) is 9.73. The van der Waals surface area contributed by atoms with E-state index in [1.165, 1.54) is 6.92 Å². The monoisotopic (exact) mass is 384 g/mol. The fraction of sp³-hybridized carbons (Fsp3) is 0.842. The van der Waals surface area contributed by atoms with Crippen molar-refractivity contribution >= 4 is 17.7 Å². The van der Waals surface area contributed by atoms with E-state index in [1.54, 1.807) is 0 Å². The Morgan fingerprint density at radius 1 is 1.07 bits per heavy atom. The minimum atomic E-state index is -0.797. The molecule has 3 amide bonds. The summed E-state index contributed by atoms with van der Waals surface area (Å²) in [6.45, 7) is 9.70. The van der Waals surface area contributed by atoms with Gasteiger partial charge in [-0.2, -0.15) is 0 Å². The molecule has 156 valence electrons. The molecule has 0 aromatic carbocycles. The van der Waals surface area contributed by atoms with Crippen LogP contribution < -0.4 is 21.3 Å². The van der Waals surface area contributed by atoms with Crippen LogP contribution in [0.2, 0.25) is 0 Å². The highest BCUT2D eigenvalue weighted by atomic mass is 16.3. The van der Waals surface area contributed by atoms with Gasteiger partial charge in [-0.3, -0.25) is 19.7 Å². The average Bonchev–Trinajstić information content (AvgIpc) is 2.75. The maximum absolute atomic E-state index is 12.8. The highest BCUT2D eigenvalue weighted by molar-refractivity contribution is 5.92. The maximum atomic E-state index is 12.8. The van der Waals surface area contributed by atoms with Crippen LogP contribution in [0.4, 0.5) is 0 Å². The third-order valence-corrected chi connectivity index (χ3v) is 4.65. The van der Waals surface area contributed by atoms with Gasteiger partial charge in [-0.25, -0.2) is 0 Å². The first-order chi connectivity index (χ1) is 12.6. The van der Waals surface area contributed by atoms with Gasteiger partial charge in [0.05, 0.1) is 6.04 Å².